The number of nitrogens with one attached hydrogen (secondary N) is 1. The predicted octanol–water partition coefficient (Wildman–Crippen LogP) is 2.83. The van der Waals surface area contributed by atoms with Gasteiger partial charge in [0.25, 0.3) is 5.92 Å². The van der Waals surface area contributed by atoms with E-state index in [-0.39, 0.29) is 37.7 Å². The molecule has 1 heterocycles. The highest BCUT2D eigenvalue weighted by Gasteiger charge is 2.27. The predicted molar refractivity (Wildman–Crippen MR) is 91.8 cm³/mol. The van der Waals surface area contributed by atoms with Crippen molar-refractivity contribution in [3.8, 4) is 11.3 Å². The van der Waals surface area contributed by atoms with Crippen molar-refractivity contribution in [1.82, 2.24) is 10.3 Å². The lowest BCUT2D eigenvalue weighted by atomic mass is 10.2. The Hall–Kier alpha value is -1.70. The number of nitrogens with zero attached hydrogens (tertiary/aromatic N) is 1. The molecule has 24 heavy (non-hydrogen) atoms. The molecular formula is C15H19Cl2F2N3O2. The van der Waals surface area contributed by atoms with Crippen LogP contribution in [0.15, 0.2) is 40.9 Å². The molecule has 0 atom stereocenters. The lowest BCUT2D eigenvalue weighted by molar-refractivity contribution is -0.122. The fraction of sp³-hybridized carbons (Fsp3) is 0.333. The van der Waals surface area contributed by atoms with Crippen LogP contribution in [0.3, 0.4) is 0 Å². The third-order valence-corrected chi connectivity index (χ3v) is 3.02. The molecule has 0 fully saturated rings. The molecule has 0 unspecified atom stereocenters. The third kappa shape index (κ3) is 6.82. The van der Waals surface area contributed by atoms with Gasteiger partial charge in [-0.15, -0.1) is 24.8 Å². The molecule has 2 rings (SSSR count). The van der Waals surface area contributed by atoms with Crippen LogP contribution in [0.25, 0.3) is 11.3 Å². The molecule has 9 heteroatoms. The van der Waals surface area contributed by atoms with Gasteiger partial charge in [0.1, 0.15) is 0 Å². The summed E-state index contributed by atoms with van der Waals surface area (Å²) in [4.78, 5) is 15.6. The minimum absolute atomic E-state index is 0. The number of oxazole rings is 1. The highest BCUT2D eigenvalue weighted by molar-refractivity contribution is 5.85. The number of alkyl halides is 2. The number of hydrogen-bond acceptors (Lipinski definition) is 4. The molecule has 3 N–H and O–H groups in total. The van der Waals surface area contributed by atoms with Gasteiger partial charge in [0.05, 0.1) is 19.3 Å². The molecule has 2 aromatic rings. The molecule has 0 bridgehead atoms. The number of halogens is 4. The first-order chi connectivity index (χ1) is 10.5. The van der Waals surface area contributed by atoms with Gasteiger partial charge >= 0.3 is 0 Å². The van der Waals surface area contributed by atoms with Crippen molar-refractivity contribution in [3.05, 3.63) is 42.4 Å². The summed E-state index contributed by atoms with van der Waals surface area (Å²) >= 11 is 0. The van der Waals surface area contributed by atoms with Crippen LogP contribution < -0.4 is 11.1 Å². The summed E-state index contributed by atoms with van der Waals surface area (Å²) in [6, 6.07) is 9.41. The van der Waals surface area contributed by atoms with Gasteiger partial charge in [0, 0.05) is 18.4 Å². The summed E-state index contributed by atoms with van der Waals surface area (Å²) in [5.41, 5.74) is 5.77. The van der Waals surface area contributed by atoms with Crippen LogP contribution >= 0.6 is 24.8 Å². The van der Waals surface area contributed by atoms with E-state index in [9.17, 15) is 13.6 Å². The Morgan fingerprint density at radius 2 is 1.92 bits per heavy atom. The topological polar surface area (TPSA) is 81.1 Å². The fourth-order valence-electron chi connectivity index (χ4n) is 1.77. The molecule has 5 nitrogen and oxygen atoms in total. The van der Waals surface area contributed by atoms with Crippen molar-refractivity contribution >= 4 is 30.7 Å². The SMILES string of the molecule is Cl.Cl.NCC(F)(F)CNC(=O)CCc1ncc(-c2ccccc2)o1. The molecule has 0 saturated heterocycles. The van der Waals surface area contributed by atoms with Crippen LogP contribution in [0, 0.1) is 0 Å². The van der Waals surface area contributed by atoms with Crippen LogP contribution in [0.5, 0.6) is 0 Å². The van der Waals surface area contributed by atoms with Crippen molar-refractivity contribution in [2.75, 3.05) is 13.1 Å². The van der Waals surface area contributed by atoms with Crippen molar-refractivity contribution in [2.24, 2.45) is 5.73 Å². The first-order valence-electron chi connectivity index (χ1n) is 6.85. The molecule has 1 aromatic heterocycles. The van der Waals surface area contributed by atoms with Crippen LogP contribution in [-0.4, -0.2) is 29.9 Å². The van der Waals surface area contributed by atoms with Gasteiger partial charge in [-0.25, -0.2) is 13.8 Å². The van der Waals surface area contributed by atoms with Crippen LogP contribution in [0.1, 0.15) is 12.3 Å². The molecule has 0 aliphatic carbocycles. The molecule has 0 radical (unpaired) electrons. The van der Waals surface area contributed by atoms with E-state index in [1.807, 2.05) is 30.3 Å². The Kier molecular flexibility index (Phi) is 9.50. The number of amides is 1. The van der Waals surface area contributed by atoms with Crippen molar-refractivity contribution in [3.63, 3.8) is 0 Å². The maximum Gasteiger partial charge on any atom is 0.277 e. The Morgan fingerprint density at radius 3 is 2.54 bits per heavy atom. The number of carbonyl (C=O) groups is 1. The van der Waals surface area contributed by atoms with E-state index in [4.69, 9.17) is 10.2 Å². The largest absolute Gasteiger partial charge is 0.441 e. The number of aryl methyl sites for hydroxylation is 1. The first kappa shape index (κ1) is 22.3. The van der Waals surface area contributed by atoms with Crippen LogP contribution in [0.4, 0.5) is 8.78 Å². The van der Waals surface area contributed by atoms with Gasteiger partial charge in [-0.3, -0.25) is 4.79 Å². The number of carbonyl (C=O) groups excluding carboxylic acids is 1. The fourth-order valence-corrected chi connectivity index (χ4v) is 1.77. The second-order valence-electron chi connectivity index (χ2n) is 4.82. The smallest absolute Gasteiger partial charge is 0.277 e. The summed E-state index contributed by atoms with van der Waals surface area (Å²) in [6.07, 6.45) is 1.84. The van der Waals surface area contributed by atoms with Gasteiger partial charge < -0.3 is 15.5 Å². The lowest BCUT2D eigenvalue weighted by Gasteiger charge is -2.14. The minimum atomic E-state index is -3.08. The summed E-state index contributed by atoms with van der Waals surface area (Å²) in [5.74, 6) is -2.59. The highest BCUT2D eigenvalue weighted by Crippen LogP contribution is 2.20. The second-order valence-corrected chi connectivity index (χ2v) is 4.82. The third-order valence-electron chi connectivity index (χ3n) is 3.02. The molecular weight excluding hydrogens is 363 g/mol. The minimum Gasteiger partial charge on any atom is -0.441 e. The number of rotatable bonds is 7. The monoisotopic (exact) mass is 381 g/mol. The normalized spacial score (nSPS) is 10.5. The van der Waals surface area contributed by atoms with Crippen molar-refractivity contribution in [2.45, 2.75) is 18.8 Å². The highest BCUT2D eigenvalue weighted by atomic mass is 35.5. The molecule has 0 spiro atoms. The van der Waals surface area contributed by atoms with E-state index < -0.39 is 24.9 Å². The summed E-state index contributed by atoms with van der Waals surface area (Å²) in [6.45, 7) is -1.56. The van der Waals surface area contributed by atoms with Gasteiger partial charge in [0.15, 0.2) is 11.7 Å². The average Bonchev–Trinajstić information content (AvgIpc) is 3.01. The average molecular weight is 382 g/mol. The Bertz CT molecular complexity index is 624. The molecule has 0 aliphatic rings. The lowest BCUT2D eigenvalue weighted by Crippen LogP contribution is -2.41. The molecule has 1 amide bonds. The molecule has 134 valence electrons. The molecule has 1 aromatic carbocycles. The Morgan fingerprint density at radius 1 is 1.25 bits per heavy atom. The van der Waals surface area contributed by atoms with Gasteiger partial charge in [-0.05, 0) is 0 Å². The number of nitrogens with two attached hydrogens (primary N) is 1. The zero-order valence-electron chi connectivity index (χ0n) is 12.7. The first-order valence-corrected chi connectivity index (χ1v) is 6.85. The van der Waals surface area contributed by atoms with E-state index in [1.165, 1.54) is 0 Å². The molecule has 0 aliphatic heterocycles. The van der Waals surface area contributed by atoms with E-state index >= 15 is 0 Å². The van der Waals surface area contributed by atoms with E-state index in [0.29, 0.717) is 11.7 Å². The zero-order chi connectivity index (χ0) is 16.0. The standard InChI is InChI=1S/C15H17F2N3O2.2ClH/c16-15(17,9-18)10-20-13(21)6-7-14-19-8-12(22-14)11-4-2-1-3-5-11;;/h1-5,8H,6-7,9-10,18H2,(H,20,21);2*1H. The number of hydrogen-bond donors (Lipinski definition) is 2. The molecule has 0 saturated carbocycles. The maximum absolute atomic E-state index is 12.9. The van der Waals surface area contributed by atoms with Gasteiger partial charge in [0.2, 0.25) is 5.91 Å². The maximum atomic E-state index is 12.9. The zero-order valence-corrected chi connectivity index (χ0v) is 14.3. The van der Waals surface area contributed by atoms with Crippen LogP contribution in [-0.2, 0) is 11.2 Å². The van der Waals surface area contributed by atoms with E-state index in [2.05, 4.69) is 10.3 Å². The van der Waals surface area contributed by atoms with Gasteiger partial charge in [-0.1, -0.05) is 30.3 Å². The Balaban J connectivity index is 0.00000264. The number of benzene rings is 1. The Labute approximate surface area is 150 Å². The van der Waals surface area contributed by atoms with E-state index in [0.717, 1.165) is 5.56 Å². The number of aromatic nitrogens is 1. The summed E-state index contributed by atoms with van der Waals surface area (Å²) in [5, 5.41) is 2.14. The van der Waals surface area contributed by atoms with E-state index in [1.54, 1.807) is 6.20 Å². The second kappa shape index (κ2) is 10.2. The van der Waals surface area contributed by atoms with Gasteiger partial charge in [-0.2, -0.15) is 0 Å². The quantitative estimate of drug-likeness (QED) is 0.772. The van der Waals surface area contributed by atoms with Crippen LogP contribution in [0.2, 0.25) is 0 Å². The van der Waals surface area contributed by atoms with Crippen molar-refractivity contribution < 1.29 is 18.0 Å². The summed E-state index contributed by atoms with van der Waals surface area (Å²) in [7, 11) is 0. The summed E-state index contributed by atoms with van der Waals surface area (Å²) < 4.78 is 31.3. The van der Waals surface area contributed by atoms with Crippen molar-refractivity contribution in [1.29, 1.82) is 0 Å².